The van der Waals surface area contributed by atoms with Crippen molar-refractivity contribution in [2.24, 2.45) is 5.92 Å². The van der Waals surface area contributed by atoms with Gasteiger partial charge in [0.05, 0.1) is 13.0 Å². The second-order valence-corrected chi connectivity index (χ2v) is 6.09. The number of aryl methyl sites for hydroxylation is 1. The number of fused-ring (bicyclic) bond motifs is 1. The molecule has 0 spiro atoms. The number of ether oxygens (including phenoxy) is 2. The lowest BCUT2D eigenvalue weighted by Crippen LogP contribution is -2.19. The van der Waals surface area contributed by atoms with E-state index in [1.54, 1.807) is 0 Å². The van der Waals surface area contributed by atoms with Gasteiger partial charge in [0.25, 0.3) is 0 Å². The number of hydrogen-bond donors (Lipinski definition) is 0. The molecule has 0 aromatic heterocycles. The van der Waals surface area contributed by atoms with Crippen molar-refractivity contribution in [1.29, 1.82) is 0 Å². The lowest BCUT2D eigenvalue weighted by Gasteiger charge is -2.18. The number of carbonyl (C=O) groups is 1. The van der Waals surface area contributed by atoms with Crippen LogP contribution in [0.1, 0.15) is 36.0 Å². The quantitative estimate of drug-likeness (QED) is 0.780. The van der Waals surface area contributed by atoms with Crippen molar-refractivity contribution in [1.82, 2.24) is 0 Å². The van der Waals surface area contributed by atoms with Crippen molar-refractivity contribution < 1.29 is 14.3 Å². The zero-order valence-electron chi connectivity index (χ0n) is 13.6. The van der Waals surface area contributed by atoms with Gasteiger partial charge in [-0.2, -0.15) is 0 Å². The van der Waals surface area contributed by atoms with E-state index in [1.807, 2.05) is 31.2 Å². The Bertz CT molecular complexity index is 679. The molecule has 3 heteroatoms. The van der Waals surface area contributed by atoms with Gasteiger partial charge < -0.3 is 9.47 Å². The summed E-state index contributed by atoms with van der Waals surface area (Å²) in [5.74, 6) is 0.818. The molecule has 0 bridgehead atoms. The maximum atomic E-state index is 11.9. The molecule has 0 fully saturated rings. The van der Waals surface area contributed by atoms with E-state index in [4.69, 9.17) is 9.47 Å². The lowest BCUT2D eigenvalue weighted by molar-refractivity contribution is -0.145. The third-order valence-corrected chi connectivity index (χ3v) is 4.67. The zero-order chi connectivity index (χ0) is 16.2. The average Bonchev–Trinajstić information content (AvgIpc) is 3.02. The van der Waals surface area contributed by atoms with E-state index in [2.05, 4.69) is 24.3 Å². The predicted molar refractivity (Wildman–Crippen MR) is 89.5 cm³/mol. The molecule has 2 unspecified atom stereocenters. The Morgan fingerprint density at radius 2 is 2.00 bits per heavy atom. The average molecular weight is 310 g/mol. The lowest BCUT2D eigenvalue weighted by atomic mass is 9.88. The van der Waals surface area contributed by atoms with Crippen LogP contribution in [0.3, 0.4) is 0 Å². The van der Waals surface area contributed by atoms with E-state index in [0.29, 0.717) is 6.61 Å². The molecule has 23 heavy (non-hydrogen) atoms. The second kappa shape index (κ2) is 6.86. The van der Waals surface area contributed by atoms with E-state index in [0.717, 1.165) is 24.2 Å². The van der Waals surface area contributed by atoms with E-state index in [9.17, 15) is 4.79 Å². The SMILES string of the molecule is COC(=O)C(C)C1CCc2ccc(OCc3ccccc3)cc21. The molecule has 0 heterocycles. The molecular formula is C20H22O3. The first-order valence-corrected chi connectivity index (χ1v) is 8.06. The molecule has 0 amide bonds. The summed E-state index contributed by atoms with van der Waals surface area (Å²) >= 11 is 0. The monoisotopic (exact) mass is 310 g/mol. The Kier molecular flexibility index (Phi) is 4.65. The van der Waals surface area contributed by atoms with Crippen LogP contribution in [0.4, 0.5) is 0 Å². The maximum Gasteiger partial charge on any atom is 0.308 e. The van der Waals surface area contributed by atoms with Gasteiger partial charge in [0.1, 0.15) is 12.4 Å². The summed E-state index contributed by atoms with van der Waals surface area (Å²) < 4.78 is 10.8. The summed E-state index contributed by atoms with van der Waals surface area (Å²) in [5.41, 5.74) is 3.69. The smallest absolute Gasteiger partial charge is 0.308 e. The number of carbonyl (C=O) groups excluding carboxylic acids is 1. The van der Waals surface area contributed by atoms with Crippen molar-refractivity contribution in [3.05, 3.63) is 65.2 Å². The van der Waals surface area contributed by atoms with Crippen LogP contribution in [0.5, 0.6) is 5.75 Å². The molecule has 3 nitrogen and oxygen atoms in total. The highest BCUT2D eigenvalue weighted by Gasteiger charge is 2.32. The Morgan fingerprint density at radius 1 is 1.22 bits per heavy atom. The van der Waals surface area contributed by atoms with E-state index < -0.39 is 0 Å². The first-order valence-electron chi connectivity index (χ1n) is 8.06. The number of benzene rings is 2. The third-order valence-electron chi connectivity index (χ3n) is 4.67. The number of methoxy groups -OCH3 is 1. The molecule has 0 saturated heterocycles. The first-order chi connectivity index (χ1) is 11.2. The van der Waals surface area contributed by atoms with E-state index in [-0.39, 0.29) is 17.8 Å². The Labute approximate surface area is 137 Å². The van der Waals surface area contributed by atoms with Crippen molar-refractivity contribution in [3.63, 3.8) is 0 Å². The number of rotatable bonds is 5. The highest BCUT2D eigenvalue weighted by Crippen LogP contribution is 2.40. The first kappa shape index (κ1) is 15.6. The second-order valence-electron chi connectivity index (χ2n) is 6.09. The van der Waals surface area contributed by atoms with Crippen LogP contribution >= 0.6 is 0 Å². The molecule has 2 aromatic carbocycles. The van der Waals surface area contributed by atoms with Gasteiger partial charge in [0.2, 0.25) is 0 Å². The molecule has 0 radical (unpaired) electrons. The van der Waals surface area contributed by atoms with Crippen LogP contribution in [-0.2, 0) is 22.6 Å². The van der Waals surface area contributed by atoms with Gasteiger partial charge >= 0.3 is 5.97 Å². The molecule has 2 aromatic rings. The van der Waals surface area contributed by atoms with Gasteiger partial charge in [-0.1, -0.05) is 43.3 Å². The fourth-order valence-electron chi connectivity index (χ4n) is 3.31. The fourth-order valence-corrected chi connectivity index (χ4v) is 3.31. The minimum absolute atomic E-state index is 0.120. The standard InChI is InChI=1S/C20H22O3/c1-14(20(21)22-2)18-11-9-16-8-10-17(12-19(16)18)23-13-15-6-4-3-5-7-15/h3-8,10,12,14,18H,9,11,13H2,1-2H3. The van der Waals surface area contributed by atoms with Gasteiger partial charge in [-0.05, 0) is 47.6 Å². The minimum Gasteiger partial charge on any atom is -0.489 e. The number of hydrogen-bond acceptors (Lipinski definition) is 3. The summed E-state index contributed by atoms with van der Waals surface area (Å²) in [6.45, 7) is 2.50. The molecule has 1 aliphatic carbocycles. The summed E-state index contributed by atoms with van der Waals surface area (Å²) in [5, 5.41) is 0. The number of esters is 1. The van der Waals surface area contributed by atoms with Crippen LogP contribution in [-0.4, -0.2) is 13.1 Å². The predicted octanol–water partition coefficient (Wildman–Crippen LogP) is 4.10. The van der Waals surface area contributed by atoms with Crippen molar-refractivity contribution in [3.8, 4) is 5.75 Å². The Hall–Kier alpha value is -2.29. The Morgan fingerprint density at radius 3 is 2.74 bits per heavy atom. The summed E-state index contributed by atoms with van der Waals surface area (Å²) in [4.78, 5) is 11.9. The largest absolute Gasteiger partial charge is 0.489 e. The zero-order valence-corrected chi connectivity index (χ0v) is 13.6. The van der Waals surface area contributed by atoms with Gasteiger partial charge in [0, 0.05) is 0 Å². The molecule has 0 saturated carbocycles. The highest BCUT2D eigenvalue weighted by molar-refractivity contribution is 5.73. The minimum atomic E-state index is -0.140. The Balaban J connectivity index is 1.74. The molecule has 3 rings (SSSR count). The molecule has 0 aliphatic heterocycles. The highest BCUT2D eigenvalue weighted by atomic mass is 16.5. The summed E-state index contributed by atoms with van der Waals surface area (Å²) in [6, 6.07) is 16.4. The normalized spacial score (nSPS) is 17.4. The molecule has 0 N–H and O–H groups in total. The van der Waals surface area contributed by atoms with Crippen LogP contribution in [0.2, 0.25) is 0 Å². The van der Waals surface area contributed by atoms with Crippen LogP contribution in [0.25, 0.3) is 0 Å². The molecule has 1 aliphatic rings. The van der Waals surface area contributed by atoms with Crippen LogP contribution in [0.15, 0.2) is 48.5 Å². The third kappa shape index (κ3) is 3.39. The van der Waals surface area contributed by atoms with E-state index >= 15 is 0 Å². The maximum absolute atomic E-state index is 11.9. The van der Waals surface area contributed by atoms with Crippen LogP contribution < -0.4 is 4.74 Å². The van der Waals surface area contributed by atoms with Crippen molar-refractivity contribution in [2.75, 3.05) is 7.11 Å². The topological polar surface area (TPSA) is 35.5 Å². The molecular weight excluding hydrogens is 288 g/mol. The summed E-state index contributed by atoms with van der Waals surface area (Å²) in [6.07, 6.45) is 2.01. The van der Waals surface area contributed by atoms with E-state index in [1.165, 1.54) is 18.2 Å². The molecule has 2 atom stereocenters. The molecule has 120 valence electrons. The van der Waals surface area contributed by atoms with Crippen LogP contribution in [0, 0.1) is 5.92 Å². The van der Waals surface area contributed by atoms with Gasteiger partial charge in [-0.15, -0.1) is 0 Å². The van der Waals surface area contributed by atoms with Gasteiger partial charge in [-0.25, -0.2) is 0 Å². The van der Waals surface area contributed by atoms with Gasteiger partial charge in [-0.3, -0.25) is 4.79 Å². The fraction of sp³-hybridized carbons (Fsp3) is 0.350. The van der Waals surface area contributed by atoms with Crippen molar-refractivity contribution in [2.45, 2.75) is 32.3 Å². The summed E-state index contributed by atoms with van der Waals surface area (Å²) in [7, 11) is 1.45. The van der Waals surface area contributed by atoms with Gasteiger partial charge in [0.15, 0.2) is 0 Å². The van der Waals surface area contributed by atoms with Crippen molar-refractivity contribution >= 4 is 5.97 Å².